The first-order valence-corrected chi connectivity index (χ1v) is 21.9. The maximum Gasteiger partial charge on any atom is 0.296 e. The van der Waals surface area contributed by atoms with Gasteiger partial charge in [0.05, 0.1) is 24.0 Å². The van der Waals surface area contributed by atoms with Crippen LogP contribution in [0.25, 0.3) is 32.7 Å². The minimum Gasteiger partial charge on any atom is -0.505 e. The van der Waals surface area contributed by atoms with Crippen LogP contribution >= 0.6 is 0 Å². The molecule has 0 saturated heterocycles. The minimum atomic E-state index is -5.13. The predicted molar refractivity (Wildman–Crippen MR) is 213 cm³/mol. The number of fused-ring (bicyclic) bond motifs is 2. The Labute approximate surface area is 355 Å². The molecule has 0 unspecified atom stereocenters. The summed E-state index contributed by atoms with van der Waals surface area (Å²) < 4.78 is 146. The fraction of sp³-hybridized carbons (Fsp3) is 0.0588. The van der Waals surface area contributed by atoms with E-state index in [2.05, 4.69) is 20.5 Å². The van der Waals surface area contributed by atoms with Crippen molar-refractivity contribution >= 4 is 96.1 Å². The maximum absolute atomic E-state index is 12.3. The van der Waals surface area contributed by atoms with Crippen molar-refractivity contribution in [3.63, 3.8) is 0 Å². The minimum absolute atomic E-state index is 0. The predicted octanol–water partition coefficient (Wildman–Crippen LogP) is 6.07. The first kappa shape index (κ1) is 46.1. The Kier molecular flexibility index (Phi) is 12.4. The number of nitrogens with two attached hydrogens (primary N) is 2. The number of hydrogen-bond donors (Lipinski definition) is 8. The summed E-state index contributed by atoms with van der Waals surface area (Å²) in [6.07, 6.45) is 0. The fourth-order valence-electron chi connectivity index (χ4n) is 5.95. The summed E-state index contributed by atoms with van der Waals surface area (Å²) in [5.41, 5.74) is 10.4. The molecule has 0 aromatic heterocycles. The van der Waals surface area contributed by atoms with E-state index in [0.717, 1.165) is 36.4 Å². The van der Waals surface area contributed by atoms with E-state index in [-0.39, 0.29) is 72.9 Å². The molecule has 22 nitrogen and oxygen atoms in total. The number of benzene rings is 6. The average molecular weight is 968 g/mol. The number of phenols is 2. The van der Waals surface area contributed by atoms with Crippen LogP contribution in [0.4, 0.5) is 34.1 Å². The Bertz CT molecular complexity index is 3130. The molecule has 0 aliphatic carbocycles. The molecule has 27 heteroatoms. The van der Waals surface area contributed by atoms with Crippen molar-refractivity contribution in [1.29, 1.82) is 0 Å². The second kappa shape index (κ2) is 16.5. The molecule has 325 valence electrons. The molecule has 10 N–H and O–H groups in total. The Hall–Kier alpha value is -6.00. The molecule has 0 fully saturated rings. The van der Waals surface area contributed by atoms with E-state index in [1.54, 1.807) is 0 Å². The number of rotatable bonds is 11. The number of anilines is 2. The molecule has 0 atom stereocenters. The zero-order valence-electron chi connectivity index (χ0n) is 30.6. The maximum atomic E-state index is 12.3. The number of azo groups is 2. The molecule has 0 aliphatic heterocycles. The van der Waals surface area contributed by atoms with Gasteiger partial charge in [-0.25, -0.2) is 0 Å². The van der Waals surface area contributed by atoms with Crippen molar-refractivity contribution in [2.75, 3.05) is 25.7 Å². The van der Waals surface area contributed by atoms with Gasteiger partial charge in [-0.3, -0.25) is 18.2 Å². The molecule has 6 aromatic rings. The summed E-state index contributed by atoms with van der Waals surface area (Å²) in [5.74, 6) is -1.69. The van der Waals surface area contributed by atoms with Crippen LogP contribution in [-0.2, 0) is 57.5 Å². The van der Waals surface area contributed by atoms with Crippen molar-refractivity contribution in [2.24, 2.45) is 20.5 Å². The van der Waals surface area contributed by atoms with Gasteiger partial charge in [-0.15, -0.1) is 20.5 Å². The number of nitrogen functional groups attached to an aromatic ring is 2. The molecule has 61 heavy (non-hydrogen) atoms. The van der Waals surface area contributed by atoms with Gasteiger partial charge >= 0.3 is 0 Å². The van der Waals surface area contributed by atoms with Crippen LogP contribution in [-0.4, -0.2) is 76.3 Å². The summed E-state index contributed by atoms with van der Waals surface area (Å²) in [6, 6.07) is 13.6. The van der Waals surface area contributed by atoms with Crippen LogP contribution in [0.3, 0.4) is 0 Å². The molecule has 0 aliphatic rings. The van der Waals surface area contributed by atoms with Gasteiger partial charge in [-0.1, -0.05) is 12.1 Å². The fourth-order valence-corrected chi connectivity index (χ4v) is 8.37. The van der Waals surface area contributed by atoms with Gasteiger partial charge < -0.3 is 31.2 Å². The summed E-state index contributed by atoms with van der Waals surface area (Å²) in [6.45, 7) is 0. The normalized spacial score (nSPS) is 12.6. The van der Waals surface area contributed by atoms with E-state index >= 15 is 0 Å². The topological polar surface area (TPSA) is 378 Å². The van der Waals surface area contributed by atoms with Crippen LogP contribution in [0.15, 0.2) is 113 Å². The molecule has 0 spiro atoms. The van der Waals surface area contributed by atoms with Gasteiger partial charge in [-0.2, -0.15) is 33.7 Å². The van der Waals surface area contributed by atoms with E-state index in [1.807, 2.05) is 0 Å². The molecule has 0 amide bonds. The number of ether oxygens (including phenoxy) is 2. The zero-order chi connectivity index (χ0) is 44.3. The summed E-state index contributed by atoms with van der Waals surface area (Å²) >= 11 is 0. The van der Waals surface area contributed by atoms with E-state index < -0.39 is 82.9 Å². The molecule has 0 heterocycles. The molecule has 6 rings (SSSR count). The Balaban J connectivity index is 0.00000704. The van der Waals surface area contributed by atoms with E-state index in [1.165, 1.54) is 50.6 Å². The van der Waals surface area contributed by atoms with Crippen LogP contribution in [0, 0.1) is 0 Å². The van der Waals surface area contributed by atoms with E-state index in [4.69, 9.17) is 20.9 Å². The summed E-state index contributed by atoms with van der Waals surface area (Å²) in [5, 5.41) is 36.6. The zero-order valence-corrected chi connectivity index (χ0v) is 34.8. The number of methoxy groups -OCH3 is 2. The number of aromatic hydroxyl groups is 2. The number of phenolic OH excluding ortho intramolecular Hbond substituents is 2. The molecule has 1 radical (unpaired) electrons. The smallest absolute Gasteiger partial charge is 0.296 e. The number of nitrogens with zero attached hydrogens (tertiary/aromatic N) is 4. The average Bonchev–Trinajstić information content (AvgIpc) is 3.14. The molecular formula is C34H28CuN6O16S4. The van der Waals surface area contributed by atoms with Crippen molar-refractivity contribution in [2.45, 2.75) is 19.6 Å². The van der Waals surface area contributed by atoms with E-state index in [9.17, 15) is 62.1 Å². The van der Waals surface area contributed by atoms with Gasteiger partial charge in [-0.05, 0) is 82.6 Å². The third kappa shape index (κ3) is 9.20. The van der Waals surface area contributed by atoms with Gasteiger partial charge in [0.1, 0.15) is 44.0 Å². The largest absolute Gasteiger partial charge is 0.505 e. The third-order valence-electron chi connectivity index (χ3n) is 8.67. The third-order valence-corrected chi connectivity index (χ3v) is 12.1. The SMILES string of the molecule is COc1cc(-c2ccc(N=Nc3c(S(=O)(=O)O)cc4cc(S(=O)(=O)O)cc(N)c4c3O)c(OC)c2)ccc1N=Nc1c(S(=O)(=O)O)cc2cc(S(=O)(=O)O)cc(N)c2c1O.[Cu]. The van der Waals surface area contributed by atoms with Crippen LogP contribution in [0.5, 0.6) is 23.0 Å². The van der Waals surface area contributed by atoms with Crippen LogP contribution < -0.4 is 20.9 Å². The van der Waals surface area contributed by atoms with Gasteiger partial charge in [0.2, 0.25) is 0 Å². The van der Waals surface area contributed by atoms with Crippen LogP contribution in [0.2, 0.25) is 0 Å². The monoisotopic (exact) mass is 967 g/mol. The van der Waals surface area contributed by atoms with Gasteiger partial charge in [0.25, 0.3) is 40.5 Å². The number of hydrogen-bond acceptors (Lipinski definition) is 18. The Morgan fingerprint density at radius 2 is 0.836 bits per heavy atom. The van der Waals surface area contributed by atoms with Crippen LogP contribution in [0.1, 0.15) is 0 Å². The van der Waals surface area contributed by atoms with Crippen molar-refractivity contribution in [1.82, 2.24) is 0 Å². The first-order valence-electron chi connectivity index (χ1n) is 16.1. The van der Waals surface area contributed by atoms with Crippen molar-refractivity contribution < 1.29 is 88.6 Å². The summed E-state index contributed by atoms with van der Waals surface area (Å²) in [4.78, 5) is -3.39. The van der Waals surface area contributed by atoms with E-state index in [0.29, 0.717) is 11.1 Å². The summed E-state index contributed by atoms with van der Waals surface area (Å²) in [7, 11) is -17.3. The molecular weight excluding hydrogens is 940 g/mol. The van der Waals surface area contributed by atoms with Gasteiger partial charge in [0, 0.05) is 39.2 Å². The second-order valence-electron chi connectivity index (χ2n) is 12.4. The second-order valence-corrected chi connectivity index (χ2v) is 18.1. The molecule has 0 bridgehead atoms. The van der Waals surface area contributed by atoms with Crippen molar-refractivity contribution in [3.8, 4) is 34.1 Å². The first-order chi connectivity index (χ1) is 27.8. The molecule has 6 aromatic carbocycles. The quantitative estimate of drug-likeness (QED) is 0.0316. The Morgan fingerprint density at radius 3 is 1.13 bits per heavy atom. The molecule has 0 saturated carbocycles. The Morgan fingerprint density at radius 1 is 0.492 bits per heavy atom. The van der Waals surface area contributed by atoms with Crippen molar-refractivity contribution in [3.05, 3.63) is 72.8 Å². The van der Waals surface area contributed by atoms with Gasteiger partial charge in [0.15, 0.2) is 11.5 Å². The standard InChI is InChI=1S/C34H28N6O16S4.Cu/c1-55-25-9-15(3-5-23(25)37-39-31-27(59(49,50)51)11-17-7-19(57(43,44)45)13-21(35)29(17)33(31)41)16-4-6-24(26(10-16)56-2)38-40-32-28(60(52,53)54)12-18-8-20(58(46,47)48)14-22(36)30(18)34(32)42;/h3-14,41-42H,35-36H2,1-2H3,(H,43,44,45)(H,46,47,48)(H,49,50,51)(H,52,53,54);.